The summed E-state index contributed by atoms with van der Waals surface area (Å²) in [5.74, 6) is 0.292. The third-order valence-corrected chi connectivity index (χ3v) is 5.15. The van der Waals surface area contributed by atoms with Crippen LogP contribution in [0.5, 0.6) is 0 Å². The molecule has 0 aliphatic heterocycles. The lowest BCUT2D eigenvalue weighted by atomic mass is 10.2. The highest BCUT2D eigenvalue weighted by Crippen LogP contribution is 2.24. The first-order chi connectivity index (χ1) is 8.96. The van der Waals surface area contributed by atoms with Crippen molar-refractivity contribution in [3.8, 4) is 0 Å². The van der Waals surface area contributed by atoms with E-state index in [4.69, 9.17) is 17.3 Å². The van der Waals surface area contributed by atoms with Crippen molar-refractivity contribution in [3.05, 3.63) is 35.0 Å². The Hall–Kier alpha value is -1.04. The first kappa shape index (κ1) is 14.4. The molecule has 0 saturated heterocycles. The number of benzene rings is 1. The molecular weight excluding hydrogens is 284 g/mol. The van der Waals surface area contributed by atoms with Gasteiger partial charge in [0.25, 0.3) is 0 Å². The maximum Gasteiger partial charge on any atom is 0.151 e. The van der Waals surface area contributed by atoms with Crippen molar-refractivity contribution in [2.24, 2.45) is 5.73 Å². The second-order valence-electron chi connectivity index (χ2n) is 4.45. The molecule has 0 saturated carbocycles. The molecule has 0 spiro atoms. The van der Waals surface area contributed by atoms with Crippen molar-refractivity contribution in [1.29, 1.82) is 0 Å². The van der Waals surface area contributed by atoms with Crippen molar-refractivity contribution >= 4 is 32.3 Å². The highest BCUT2D eigenvalue weighted by atomic mass is 35.5. The van der Waals surface area contributed by atoms with Crippen LogP contribution in [0.3, 0.4) is 0 Å². The maximum absolute atomic E-state index is 11.6. The largest absolute Gasteiger partial charge is 0.346 e. The number of rotatable bonds is 5. The molecule has 1 aromatic heterocycles. The molecule has 0 bridgehead atoms. The van der Waals surface area contributed by atoms with Crippen molar-refractivity contribution in [2.45, 2.75) is 20.0 Å². The summed E-state index contributed by atoms with van der Waals surface area (Å²) in [6.45, 7) is 2.50. The Bertz CT molecular complexity index is 692. The molecule has 2 N–H and O–H groups in total. The van der Waals surface area contributed by atoms with Crippen molar-refractivity contribution in [1.82, 2.24) is 4.57 Å². The third kappa shape index (κ3) is 3.11. The fourth-order valence-electron chi connectivity index (χ4n) is 2.07. The van der Waals surface area contributed by atoms with E-state index >= 15 is 0 Å². The van der Waals surface area contributed by atoms with Crippen molar-refractivity contribution < 1.29 is 8.42 Å². The molecule has 104 valence electrons. The zero-order valence-electron chi connectivity index (χ0n) is 10.8. The summed E-state index contributed by atoms with van der Waals surface area (Å²) >= 11 is 6.00. The lowest BCUT2D eigenvalue weighted by Gasteiger charge is -2.05. The van der Waals surface area contributed by atoms with Crippen LogP contribution in [-0.2, 0) is 22.9 Å². The standard InChI is InChI=1S/C13H17ClN2O2S/c1-2-19(17,18)6-5-16-9-10(8-15)12-4-3-11(14)7-13(12)16/h3-4,7,9H,2,5-6,8,15H2,1H3. The molecule has 2 rings (SSSR count). The number of aromatic nitrogens is 1. The highest BCUT2D eigenvalue weighted by Gasteiger charge is 2.11. The summed E-state index contributed by atoms with van der Waals surface area (Å²) in [5.41, 5.74) is 7.64. The first-order valence-corrected chi connectivity index (χ1v) is 8.34. The molecule has 0 amide bonds. The normalized spacial score (nSPS) is 12.2. The minimum absolute atomic E-state index is 0.129. The van der Waals surface area contributed by atoms with Gasteiger partial charge in [-0.05, 0) is 17.7 Å². The van der Waals surface area contributed by atoms with Crippen LogP contribution in [0.1, 0.15) is 12.5 Å². The Morgan fingerprint density at radius 1 is 1.37 bits per heavy atom. The van der Waals surface area contributed by atoms with Gasteiger partial charge in [0.05, 0.1) is 5.75 Å². The lowest BCUT2D eigenvalue weighted by Crippen LogP contribution is -2.14. The Labute approximate surface area is 118 Å². The number of hydrogen-bond acceptors (Lipinski definition) is 3. The van der Waals surface area contributed by atoms with Crippen molar-refractivity contribution in [3.63, 3.8) is 0 Å². The molecule has 0 atom stereocenters. The lowest BCUT2D eigenvalue weighted by molar-refractivity contribution is 0.591. The van der Waals surface area contributed by atoms with E-state index in [1.54, 1.807) is 6.92 Å². The Kier molecular flexibility index (Phi) is 4.18. The van der Waals surface area contributed by atoms with Crippen LogP contribution < -0.4 is 5.73 Å². The van der Waals surface area contributed by atoms with Gasteiger partial charge in [-0.2, -0.15) is 0 Å². The van der Waals surface area contributed by atoms with Crippen LogP contribution in [0.4, 0.5) is 0 Å². The molecule has 2 aromatic rings. The smallest absolute Gasteiger partial charge is 0.151 e. The molecule has 1 aromatic carbocycles. The van der Waals surface area contributed by atoms with Gasteiger partial charge in [-0.1, -0.05) is 24.6 Å². The van der Waals surface area contributed by atoms with E-state index in [9.17, 15) is 8.42 Å². The van der Waals surface area contributed by atoms with E-state index in [0.717, 1.165) is 16.5 Å². The highest BCUT2D eigenvalue weighted by molar-refractivity contribution is 7.91. The van der Waals surface area contributed by atoms with Gasteiger partial charge in [-0.25, -0.2) is 8.42 Å². The number of fused-ring (bicyclic) bond motifs is 1. The molecular formula is C13H17ClN2O2S. The summed E-state index contributed by atoms with van der Waals surface area (Å²) in [7, 11) is -2.98. The van der Waals surface area contributed by atoms with Gasteiger partial charge in [0, 0.05) is 41.0 Å². The van der Waals surface area contributed by atoms with Crippen LogP contribution in [0.2, 0.25) is 5.02 Å². The minimum Gasteiger partial charge on any atom is -0.346 e. The fourth-order valence-corrected chi connectivity index (χ4v) is 3.00. The van der Waals surface area contributed by atoms with Crippen LogP contribution in [-0.4, -0.2) is 24.5 Å². The fraction of sp³-hybridized carbons (Fsp3) is 0.385. The van der Waals surface area contributed by atoms with E-state index in [-0.39, 0.29) is 11.5 Å². The van der Waals surface area contributed by atoms with E-state index in [0.29, 0.717) is 18.1 Å². The van der Waals surface area contributed by atoms with Gasteiger partial charge < -0.3 is 10.3 Å². The third-order valence-electron chi connectivity index (χ3n) is 3.23. The summed E-state index contributed by atoms with van der Waals surface area (Å²) in [4.78, 5) is 0. The molecule has 0 fully saturated rings. The number of nitrogens with zero attached hydrogens (tertiary/aromatic N) is 1. The Balaban J connectivity index is 2.40. The van der Waals surface area contributed by atoms with Crippen LogP contribution >= 0.6 is 11.6 Å². The molecule has 4 nitrogen and oxygen atoms in total. The van der Waals surface area contributed by atoms with Crippen LogP contribution in [0.25, 0.3) is 10.9 Å². The zero-order valence-corrected chi connectivity index (χ0v) is 12.3. The van der Waals surface area contributed by atoms with Gasteiger partial charge in [0.2, 0.25) is 0 Å². The van der Waals surface area contributed by atoms with Gasteiger partial charge in [0.1, 0.15) is 0 Å². The topological polar surface area (TPSA) is 65.1 Å². The second-order valence-corrected chi connectivity index (χ2v) is 7.36. The van der Waals surface area contributed by atoms with Crippen molar-refractivity contribution in [2.75, 3.05) is 11.5 Å². The predicted molar refractivity (Wildman–Crippen MR) is 79.2 cm³/mol. The minimum atomic E-state index is -2.98. The summed E-state index contributed by atoms with van der Waals surface area (Å²) in [6, 6.07) is 5.58. The molecule has 0 aliphatic rings. The number of hydrogen-bond donors (Lipinski definition) is 1. The van der Waals surface area contributed by atoms with Crippen LogP contribution in [0, 0.1) is 0 Å². The van der Waals surface area contributed by atoms with Gasteiger partial charge in [0.15, 0.2) is 9.84 Å². The van der Waals surface area contributed by atoms with E-state index < -0.39 is 9.84 Å². The second kappa shape index (κ2) is 5.53. The number of nitrogens with two attached hydrogens (primary N) is 1. The molecule has 0 radical (unpaired) electrons. The van der Waals surface area contributed by atoms with E-state index in [1.807, 2.05) is 29.0 Å². The van der Waals surface area contributed by atoms with Gasteiger partial charge in [-0.15, -0.1) is 0 Å². The monoisotopic (exact) mass is 300 g/mol. The summed E-state index contributed by atoms with van der Waals surface area (Å²) < 4.78 is 25.1. The number of aryl methyl sites for hydroxylation is 1. The quantitative estimate of drug-likeness (QED) is 0.920. The first-order valence-electron chi connectivity index (χ1n) is 6.14. The molecule has 0 aliphatic carbocycles. The SMILES string of the molecule is CCS(=O)(=O)CCn1cc(CN)c2ccc(Cl)cc21. The molecule has 19 heavy (non-hydrogen) atoms. The number of halogens is 1. The molecule has 0 unspecified atom stereocenters. The Morgan fingerprint density at radius 2 is 2.11 bits per heavy atom. The van der Waals surface area contributed by atoms with Gasteiger partial charge >= 0.3 is 0 Å². The Morgan fingerprint density at radius 3 is 2.74 bits per heavy atom. The average Bonchev–Trinajstić information content (AvgIpc) is 2.74. The zero-order chi connectivity index (χ0) is 14.0. The summed E-state index contributed by atoms with van der Waals surface area (Å²) in [5, 5.41) is 1.66. The molecule has 6 heteroatoms. The average molecular weight is 301 g/mol. The van der Waals surface area contributed by atoms with E-state index in [1.165, 1.54) is 0 Å². The number of sulfone groups is 1. The van der Waals surface area contributed by atoms with E-state index in [2.05, 4.69) is 0 Å². The van der Waals surface area contributed by atoms with Gasteiger partial charge in [-0.3, -0.25) is 0 Å². The summed E-state index contributed by atoms with van der Waals surface area (Å²) in [6.07, 6.45) is 1.91. The predicted octanol–water partition coefficient (Wildman–Crippen LogP) is 2.19. The maximum atomic E-state index is 11.6. The molecule has 1 heterocycles. The van der Waals surface area contributed by atoms with Crippen LogP contribution in [0.15, 0.2) is 24.4 Å².